The van der Waals surface area contributed by atoms with E-state index in [9.17, 15) is 9.59 Å². The van der Waals surface area contributed by atoms with E-state index in [1.54, 1.807) is 23.1 Å². The summed E-state index contributed by atoms with van der Waals surface area (Å²) in [6.07, 6.45) is 1.60. The molecule has 2 rings (SSSR count). The first-order valence-electron chi connectivity index (χ1n) is 6.12. The number of aryl methyl sites for hydroxylation is 1. The Bertz CT molecular complexity index is 566. The number of nitrogens with zero attached hydrogens (tertiary/aromatic N) is 1. The maximum absolute atomic E-state index is 12.0. The summed E-state index contributed by atoms with van der Waals surface area (Å²) in [6, 6.07) is 5.14. The van der Waals surface area contributed by atoms with E-state index in [-0.39, 0.29) is 5.91 Å². The summed E-state index contributed by atoms with van der Waals surface area (Å²) >= 11 is 17.5. The highest BCUT2D eigenvalue weighted by Crippen LogP contribution is 2.32. The van der Waals surface area contributed by atoms with Crippen molar-refractivity contribution in [3.63, 3.8) is 0 Å². The molecule has 0 N–H and O–H groups in total. The second-order valence-electron chi connectivity index (χ2n) is 4.41. The molecule has 0 atom stereocenters. The van der Waals surface area contributed by atoms with E-state index in [0.29, 0.717) is 12.3 Å². The predicted octanol–water partition coefficient (Wildman–Crippen LogP) is 3.79. The topological polar surface area (TPSA) is 46.6 Å². The fourth-order valence-corrected chi connectivity index (χ4v) is 2.57. The summed E-state index contributed by atoms with van der Waals surface area (Å²) in [5, 5.41) is 0. The number of anilines is 1. The van der Waals surface area contributed by atoms with Gasteiger partial charge >= 0.3 is 5.97 Å². The Morgan fingerprint density at radius 3 is 2.62 bits per heavy atom. The van der Waals surface area contributed by atoms with Crippen molar-refractivity contribution in [3.8, 4) is 5.75 Å². The molecule has 1 aromatic rings. The summed E-state index contributed by atoms with van der Waals surface area (Å²) < 4.78 is 4.63. The van der Waals surface area contributed by atoms with Gasteiger partial charge < -0.3 is 9.64 Å². The first kappa shape index (κ1) is 17.1. The summed E-state index contributed by atoms with van der Waals surface area (Å²) in [5.74, 6) is -0.351. The summed E-state index contributed by atoms with van der Waals surface area (Å²) in [6.45, 7) is 0.575. The van der Waals surface area contributed by atoms with E-state index >= 15 is 0 Å². The van der Waals surface area contributed by atoms with Gasteiger partial charge in [0.05, 0.1) is 0 Å². The average Bonchev–Trinajstić information content (AvgIpc) is 2.45. The third-order valence-corrected chi connectivity index (χ3v) is 4.14. The van der Waals surface area contributed by atoms with Gasteiger partial charge in [-0.1, -0.05) is 55.1 Å². The van der Waals surface area contributed by atoms with Crippen LogP contribution in [0.1, 0.15) is 12.0 Å². The number of carbonyl (C=O) groups excluding carboxylic acids is 2. The molecule has 0 unspecified atom stereocenters. The lowest BCUT2D eigenvalue weighted by Crippen LogP contribution is -2.38. The quantitative estimate of drug-likeness (QED) is 0.392. The summed E-state index contributed by atoms with van der Waals surface area (Å²) in [7, 11) is 0. The van der Waals surface area contributed by atoms with Crippen LogP contribution < -0.4 is 9.64 Å². The highest BCUT2D eigenvalue weighted by Gasteiger charge is 2.27. The van der Waals surface area contributed by atoms with E-state index in [0.717, 1.165) is 24.1 Å². The van der Waals surface area contributed by atoms with Crippen molar-refractivity contribution in [2.45, 2.75) is 21.4 Å². The van der Waals surface area contributed by atoms with Gasteiger partial charge in [-0.3, -0.25) is 4.79 Å². The minimum absolute atomic E-state index is 0.343. The van der Waals surface area contributed by atoms with Crippen molar-refractivity contribution in [2.24, 2.45) is 0 Å². The largest absolute Gasteiger partial charge is 0.425 e. The lowest BCUT2D eigenvalue weighted by molar-refractivity contribution is -0.131. The fourth-order valence-electron chi connectivity index (χ4n) is 2.14. The standard InChI is InChI=1S/C13H11Br2Cl2NO3/c14-10(15)13(20)21-8-3-4-9-7(6-8)2-1-5-18(9)12(19)11(16)17/h3-4,6,10-11H,1-2,5H2. The van der Waals surface area contributed by atoms with E-state index < -0.39 is 14.5 Å². The molecule has 0 saturated heterocycles. The van der Waals surface area contributed by atoms with Crippen molar-refractivity contribution < 1.29 is 14.3 Å². The number of rotatable bonds is 3. The van der Waals surface area contributed by atoms with Gasteiger partial charge in [-0.2, -0.15) is 0 Å². The van der Waals surface area contributed by atoms with Crippen LogP contribution in [-0.4, -0.2) is 27.0 Å². The van der Waals surface area contributed by atoms with Crippen LogP contribution in [0, 0.1) is 0 Å². The van der Waals surface area contributed by atoms with Gasteiger partial charge in [-0.15, -0.1) is 0 Å². The van der Waals surface area contributed by atoms with Crippen molar-refractivity contribution in [1.82, 2.24) is 0 Å². The van der Waals surface area contributed by atoms with Crippen LogP contribution in [0.2, 0.25) is 0 Å². The normalized spacial score (nSPS) is 14.3. The second kappa shape index (κ2) is 7.31. The molecular formula is C13H11Br2Cl2NO3. The van der Waals surface area contributed by atoms with Crippen molar-refractivity contribution in [3.05, 3.63) is 23.8 Å². The predicted molar refractivity (Wildman–Crippen MR) is 89.9 cm³/mol. The number of halogens is 4. The zero-order valence-electron chi connectivity index (χ0n) is 10.7. The van der Waals surface area contributed by atoms with E-state index in [2.05, 4.69) is 31.9 Å². The fraction of sp³-hybridized carbons (Fsp3) is 0.385. The van der Waals surface area contributed by atoms with Gasteiger partial charge in [0.25, 0.3) is 5.91 Å². The molecule has 8 heteroatoms. The lowest BCUT2D eigenvalue weighted by Gasteiger charge is -2.30. The minimum Gasteiger partial charge on any atom is -0.425 e. The smallest absolute Gasteiger partial charge is 0.336 e. The maximum Gasteiger partial charge on any atom is 0.336 e. The Morgan fingerprint density at radius 2 is 2.00 bits per heavy atom. The Hall–Kier alpha value is -0.300. The first-order chi connectivity index (χ1) is 9.90. The molecule has 0 aliphatic carbocycles. The average molecular weight is 460 g/mol. The molecule has 0 bridgehead atoms. The van der Waals surface area contributed by atoms with Crippen molar-refractivity contribution >= 4 is 72.6 Å². The van der Waals surface area contributed by atoms with E-state index in [4.69, 9.17) is 27.9 Å². The van der Waals surface area contributed by atoms with E-state index in [1.165, 1.54) is 0 Å². The molecule has 1 aliphatic heterocycles. The number of hydrogen-bond donors (Lipinski definition) is 0. The summed E-state index contributed by atoms with van der Waals surface area (Å²) in [5.41, 5.74) is 1.68. The Kier molecular flexibility index (Phi) is 5.94. The molecule has 0 radical (unpaired) electrons. The number of alkyl halides is 4. The molecule has 1 aromatic carbocycles. The number of hydrogen-bond acceptors (Lipinski definition) is 3. The molecule has 0 fully saturated rings. The molecule has 114 valence electrons. The molecule has 1 amide bonds. The van der Waals surface area contributed by atoms with Crippen LogP contribution in [-0.2, 0) is 16.0 Å². The Balaban J connectivity index is 2.24. The Labute approximate surface area is 149 Å². The monoisotopic (exact) mass is 457 g/mol. The van der Waals surface area contributed by atoms with Crippen molar-refractivity contribution in [1.29, 1.82) is 0 Å². The number of ether oxygens (including phenoxy) is 1. The van der Waals surface area contributed by atoms with Gasteiger partial charge in [0.15, 0.2) is 8.57 Å². The highest BCUT2D eigenvalue weighted by molar-refractivity contribution is 9.25. The lowest BCUT2D eigenvalue weighted by atomic mass is 10.0. The molecule has 0 aromatic heterocycles. The molecule has 21 heavy (non-hydrogen) atoms. The minimum atomic E-state index is -1.09. The van der Waals surface area contributed by atoms with Crippen molar-refractivity contribution in [2.75, 3.05) is 11.4 Å². The number of benzene rings is 1. The van der Waals surface area contributed by atoms with Gasteiger partial charge in [0.1, 0.15) is 5.75 Å². The molecule has 0 spiro atoms. The van der Waals surface area contributed by atoms with Crippen LogP contribution in [0.25, 0.3) is 0 Å². The summed E-state index contributed by atoms with van der Waals surface area (Å²) in [4.78, 5) is 24.0. The van der Waals surface area contributed by atoms with Gasteiger partial charge in [0, 0.05) is 12.2 Å². The Morgan fingerprint density at radius 1 is 1.29 bits per heavy atom. The van der Waals surface area contributed by atoms with Gasteiger partial charge in [-0.25, -0.2) is 4.79 Å². The number of esters is 1. The van der Waals surface area contributed by atoms with Crippen LogP contribution in [0.15, 0.2) is 18.2 Å². The SMILES string of the molecule is O=C(Oc1ccc2c(c1)CCCN2C(=O)C(Cl)Cl)C(Br)Br. The highest BCUT2D eigenvalue weighted by atomic mass is 79.9. The molecule has 4 nitrogen and oxygen atoms in total. The third-order valence-electron chi connectivity index (χ3n) is 3.02. The molecule has 0 saturated carbocycles. The van der Waals surface area contributed by atoms with Gasteiger partial charge in [-0.05, 0) is 36.6 Å². The zero-order chi connectivity index (χ0) is 15.6. The van der Waals surface area contributed by atoms with Crippen LogP contribution in [0.4, 0.5) is 5.69 Å². The molecule has 1 aliphatic rings. The van der Waals surface area contributed by atoms with Crippen LogP contribution in [0.5, 0.6) is 5.75 Å². The second-order valence-corrected chi connectivity index (χ2v) is 8.56. The molecule has 1 heterocycles. The van der Waals surface area contributed by atoms with Crippen LogP contribution in [0.3, 0.4) is 0 Å². The maximum atomic E-state index is 12.0. The zero-order valence-corrected chi connectivity index (χ0v) is 15.4. The third kappa shape index (κ3) is 4.12. The first-order valence-corrected chi connectivity index (χ1v) is 8.83. The van der Waals surface area contributed by atoms with Gasteiger partial charge in [0.2, 0.25) is 0 Å². The van der Waals surface area contributed by atoms with E-state index in [1.807, 2.05) is 0 Å². The number of amides is 1. The number of fused-ring (bicyclic) bond motifs is 1. The number of carbonyl (C=O) groups is 2. The van der Waals surface area contributed by atoms with Crippen LogP contribution >= 0.6 is 55.1 Å². The molecular weight excluding hydrogens is 449 g/mol.